The predicted octanol–water partition coefficient (Wildman–Crippen LogP) is -1.44. The van der Waals surface area contributed by atoms with Crippen LogP contribution < -0.4 is 5.32 Å². The summed E-state index contributed by atoms with van der Waals surface area (Å²) in [4.78, 5) is 34.4. The lowest BCUT2D eigenvalue weighted by Gasteiger charge is -2.23. The van der Waals surface area contributed by atoms with Gasteiger partial charge in [-0.2, -0.15) is 0 Å². The Bertz CT molecular complexity index is 507. The lowest BCUT2D eigenvalue weighted by atomic mass is 10.2. The average molecular weight is 338 g/mol. The third-order valence-corrected chi connectivity index (χ3v) is 6.00. The van der Waals surface area contributed by atoms with Gasteiger partial charge in [-0.3, -0.25) is 9.59 Å². The molecule has 10 heteroatoms. The van der Waals surface area contributed by atoms with Crippen molar-refractivity contribution in [2.75, 3.05) is 30.1 Å². The van der Waals surface area contributed by atoms with Crippen LogP contribution in [0.1, 0.15) is 6.42 Å². The maximum absolute atomic E-state index is 11.9. The number of rotatable bonds is 8. The Balaban J connectivity index is 2.39. The topological polar surface area (TPSA) is 121 Å². The predicted molar refractivity (Wildman–Crippen MR) is 77.8 cm³/mol. The number of carbonyl (C=O) groups is 3. The molecule has 0 aromatic heterocycles. The molecule has 0 aromatic carbocycles. The van der Waals surface area contributed by atoms with E-state index in [1.54, 1.807) is 7.05 Å². The van der Waals surface area contributed by atoms with Gasteiger partial charge in [0.1, 0.15) is 6.04 Å². The third-order valence-electron chi connectivity index (χ3n) is 3.23. The first-order valence-electron chi connectivity index (χ1n) is 6.23. The summed E-state index contributed by atoms with van der Waals surface area (Å²) in [6.07, 6.45) is 0.733. The highest BCUT2D eigenvalue weighted by Gasteiger charge is 2.32. The fraction of sp³-hybridized carbons (Fsp3) is 0.727. The first kappa shape index (κ1) is 17.8. The van der Waals surface area contributed by atoms with Crippen LogP contribution in [0.3, 0.4) is 0 Å². The van der Waals surface area contributed by atoms with E-state index in [0.717, 1.165) is 11.8 Å². The summed E-state index contributed by atoms with van der Waals surface area (Å²) in [7, 11) is -1.51. The molecule has 2 amide bonds. The molecule has 2 unspecified atom stereocenters. The summed E-state index contributed by atoms with van der Waals surface area (Å²) >= 11 is 1.08. The molecule has 0 radical (unpaired) electrons. The molecule has 0 aliphatic carbocycles. The van der Waals surface area contributed by atoms with E-state index < -0.39 is 21.8 Å². The van der Waals surface area contributed by atoms with Gasteiger partial charge in [-0.1, -0.05) is 0 Å². The van der Waals surface area contributed by atoms with Crippen LogP contribution >= 0.6 is 11.8 Å². The van der Waals surface area contributed by atoms with E-state index in [1.165, 1.54) is 4.90 Å². The molecule has 0 aromatic rings. The molecule has 120 valence electrons. The fourth-order valence-corrected chi connectivity index (χ4v) is 4.67. The number of carboxylic acid groups (broad SMARTS) is 1. The van der Waals surface area contributed by atoms with Gasteiger partial charge in [0.2, 0.25) is 12.3 Å². The second kappa shape index (κ2) is 7.64. The first-order valence-corrected chi connectivity index (χ1v) is 9.21. The van der Waals surface area contributed by atoms with Gasteiger partial charge in [-0.05, 0) is 6.42 Å². The molecular weight excluding hydrogens is 320 g/mol. The van der Waals surface area contributed by atoms with Crippen molar-refractivity contribution in [1.29, 1.82) is 0 Å². The first-order chi connectivity index (χ1) is 9.76. The number of hydrogen-bond donors (Lipinski definition) is 2. The van der Waals surface area contributed by atoms with Crippen molar-refractivity contribution in [3.05, 3.63) is 0 Å². The van der Waals surface area contributed by atoms with Crippen LogP contribution in [0.5, 0.6) is 0 Å². The molecule has 0 spiro atoms. The van der Waals surface area contributed by atoms with E-state index in [1.807, 2.05) is 0 Å². The number of amides is 2. The van der Waals surface area contributed by atoms with Gasteiger partial charge < -0.3 is 15.3 Å². The van der Waals surface area contributed by atoms with Gasteiger partial charge in [-0.15, -0.1) is 11.8 Å². The zero-order chi connectivity index (χ0) is 16.0. The number of carboxylic acids is 1. The standard InChI is InChI=1S/C11H18N2O6S2/c1-13(8-2-3-21(18,19)6-8)10(15)5-20-4-9(11(16)17)12-7-14/h7-9H,2-6H2,1H3,(H,12,14)(H,16,17). The Hall–Kier alpha value is -1.29. The molecule has 1 aliphatic rings. The molecular formula is C11H18N2O6S2. The largest absolute Gasteiger partial charge is 0.480 e. The Morgan fingerprint density at radius 3 is 2.67 bits per heavy atom. The number of sulfone groups is 1. The summed E-state index contributed by atoms with van der Waals surface area (Å²) in [6.45, 7) is 0. The minimum Gasteiger partial charge on any atom is -0.480 e. The zero-order valence-corrected chi connectivity index (χ0v) is 13.2. The second-order valence-electron chi connectivity index (χ2n) is 4.75. The Morgan fingerprint density at radius 1 is 1.52 bits per heavy atom. The fourth-order valence-electron chi connectivity index (χ4n) is 1.92. The highest BCUT2D eigenvalue weighted by atomic mass is 32.2. The maximum atomic E-state index is 11.9. The normalized spacial score (nSPS) is 21.5. The van der Waals surface area contributed by atoms with Crippen LogP contribution in [0, 0.1) is 0 Å². The van der Waals surface area contributed by atoms with Crippen molar-refractivity contribution < 1.29 is 27.9 Å². The maximum Gasteiger partial charge on any atom is 0.327 e. The molecule has 2 N–H and O–H groups in total. The molecule has 0 saturated carbocycles. The van der Waals surface area contributed by atoms with Crippen molar-refractivity contribution in [2.45, 2.75) is 18.5 Å². The Labute approximate surface area is 127 Å². The van der Waals surface area contributed by atoms with E-state index in [2.05, 4.69) is 5.32 Å². The van der Waals surface area contributed by atoms with Crippen LogP contribution in [0.25, 0.3) is 0 Å². The number of carbonyl (C=O) groups excluding carboxylic acids is 2. The van der Waals surface area contributed by atoms with Gasteiger partial charge in [-0.25, -0.2) is 13.2 Å². The highest BCUT2D eigenvalue weighted by Crippen LogP contribution is 2.17. The Morgan fingerprint density at radius 2 is 2.19 bits per heavy atom. The van der Waals surface area contributed by atoms with Gasteiger partial charge in [0, 0.05) is 18.8 Å². The minimum atomic E-state index is -3.05. The van der Waals surface area contributed by atoms with Crippen molar-refractivity contribution in [2.24, 2.45) is 0 Å². The molecule has 1 aliphatic heterocycles. The molecule has 8 nitrogen and oxygen atoms in total. The summed E-state index contributed by atoms with van der Waals surface area (Å²) in [6, 6.07) is -1.36. The van der Waals surface area contributed by atoms with Crippen molar-refractivity contribution in [3.8, 4) is 0 Å². The van der Waals surface area contributed by atoms with Crippen LogP contribution in [0.2, 0.25) is 0 Å². The van der Waals surface area contributed by atoms with E-state index in [0.29, 0.717) is 12.8 Å². The van der Waals surface area contributed by atoms with Crippen LogP contribution in [-0.4, -0.2) is 78.9 Å². The quantitative estimate of drug-likeness (QED) is 0.520. The van der Waals surface area contributed by atoms with Crippen LogP contribution in [-0.2, 0) is 24.2 Å². The Kier molecular flexibility index (Phi) is 6.46. The number of thioether (sulfide) groups is 1. The van der Waals surface area contributed by atoms with Crippen LogP contribution in [0.15, 0.2) is 0 Å². The summed E-state index contributed by atoms with van der Waals surface area (Å²) < 4.78 is 22.7. The smallest absolute Gasteiger partial charge is 0.327 e. The van der Waals surface area contributed by atoms with Gasteiger partial charge >= 0.3 is 5.97 Å². The number of hydrogen-bond acceptors (Lipinski definition) is 6. The van der Waals surface area contributed by atoms with Crippen molar-refractivity contribution in [1.82, 2.24) is 10.2 Å². The monoisotopic (exact) mass is 338 g/mol. The molecule has 0 bridgehead atoms. The zero-order valence-electron chi connectivity index (χ0n) is 11.5. The molecule has 1 fully saturated rings. The minimum absolute atomic E-state index is 0.0235. The summed E-state index contributed by atoms with van der Waals surface area (Å²) in [5.74, 6) is -1.25. The average Bonchev–Trinajstić information content (AvgIpc) is 2.76. The molecule has 1 heterocycles. The third kappa shape index (κ3) is 5.54. The lowest BCUT2D eigenvalue weighted by Crippen LogP contribution is -2.40. The van der Waals surface area contributed by atoms with E-state index in [9.17, 15) is 22.8 Å². The molecule has 21 heavy (non-hydrogen) atoms. The van der Waals surface area contributed by atoms with Gasteiger partial charge in [0.05, 0.1) is 17.3 Å². The van der Waals surface area contributed by atoms with E-state index in [-0.39, 0.29) is 35.0 Å². The van der Waals surface area contributed by atoms with E-state index >= 15 is 0 Å². The second-order valence-corrected chi connectivity index (χ2v) is 8.01. The van der Waals surface area contributed by atoms with E-state index in [4.69, 9.17) is 5.11 Å². The van der Waals surface area contributed by atoms with Gasteiger partial charge in [0.25, 0.3) is 0 Å². The van der Waals surface area contributed by atoms with Crippen molar-refractivity contribution >= 4 is 39.9 Å². The van der Waals surface area contributed by atoms with Crippen molar-refractivity contribution in [3.63, 3.8) is 0 Å². The van der Waals surface area contributed by atoms with Crippen LogP contribution in [0.4, 0.5) is 0 Å². The number of nitrogens with zero attached hydrogens (tertiary/aromatic N) is 1. The number of aliphatic carboxylic acids is 1. The summed E-state index contributed by atoms with van der Waals surface area (Å²) in [5, 5.41) is 11.0. The number of nitrogens with one attached hydrogen (secondary N) is 1. The molecule has 2 atom stereocenters. The SMILES string of the molecule is CN(C(=O)CSCC(NC=O)C(=O)O)C1CCS(=O)(=O)C1. The lowest BCUT2D eigenvalue weighted by molar-refractivity contribution is -0.139. The molecule has 1 saturated heterocycles. The highest BCUT2D eigenvalue weighted by molar-refractivity contribution is 8.00. The van der Waals surface area contributed by atoms with Gasteiger partial charge in [0.15, 0.2) is 9.84 Å². The summed E-state index contributed by atoms with van der Waals surface area (Å²) in [5.41, 5.74) is 0. The molecule has 1 rings (SSSR count).